The maximum Gasteiger partial charge on any atom is 0.242 e. The third kappa shape index (κ3) is 3.56. The molecule has 2 N–H and O–H groups in total. The summed E-state index contributed by atoms with van der Waals surface area (Å²) >= 11 is 1.56. The molecule has 6 nitrogen and oxygen atoms in total. The fourth-order valence-corrected chi connectivity index (χ4v) is 3.48. The molecule has 1 amide bonds. The molecule has 0 saturated carbocycles. The molecule has 3 aromatic rings. The minimum absolute atomic E-state index is 0.0597. The van der Waals surface area contributed by atoms with Crippen LogP contribution in [0.5, 0.6) is 5.75 Å². The molecule has 0 aliphatic heterocycles. The molecule has 1 aromatic carbocycles. The summed E-state index contributed by atoms with van der Waals surface area (Å²) < 4.78 is 5.22. The first-order chi connectivity index (χ1) is 12.1. The largest absolute Gasteiger partial charge is 0.497 e. The van der Waals surface area contributed by atoms with E-state index in [0.29, 0.717) is 12.4 Å². The molecule has 1 unspecified atom stereocenters. The first kappa shape index (κ1) is 17.2. The highest BCUT2D eigenvalue weighted by molar-refractivity contribution is 7.17. The highest BCUT2D eigenvalue weighted by Gasteiger charge is 2.17. The molecule has 0 bridgehead atoms. The summed E-state index contributed by atoms with van der Waals surface area (Å²) in [7, 11) is 1.65. The van der Waals surface area contributed by atoms with E-state index in [1.54, 1.807) is 18.4 Å². The summed E-state index contributed by atoms with van der Waals surface area (Å²) in [4.78, 5) is 21.6. The van der Waals surface area contributed by atoms with Gasteiger partial charge < -0.3 is 15.4 Å². The van der Waals surface area contributed by atoms with Crippen molar-refractivity contribution in [3.8, 4) is 16.9 Å². The quantitative estimate of drug-likeness (QED) is 0.709. The average molecular weight is 356 g/mol. The van der Waals surface area contributed by atoms with Crippen molar-refractivity contribution in [1.82, 2.24) is 15.3 Å². The first-order valence-electron chi connectivity index (χ1n) is 8.05. The van der Waals surface area contributed by atoms with Crippen molar-refractivity contribution < 1.29 is 9.53 Å². The number of ether oxygens (including phenoxy) is 1. The lowest BCUT2D eigenvalue weighted by molar-refractivity contribution is -0.121. The van der Waals surface area contributed by atoms with Gasteiger partial charge in [0.25, 0.3) is 0 Å². The number of carbonyl (C=O) groups is 1. The molecule has 25 heavy (non-hydrogen) atoms. The van der Waals surface area contributed by atoms with Gasteiger partial charge in [0, 0.05) is 17.5 Å². The maximum absolute atomic E-state index is 12.0. The standard InChI is InChI=1S/C18H20N4O2S/c1-4-19-17(23)11(2)22-16-15-14(9-25-18(15)21-10-20-16)12-5-7-13(24-3)8-6-12/h5-11H,4H2,1-3H3,(H,19,23)(H,20,21,22). The van der Waals surface area contributed by atoms with Crippen LogP contribution in [0.15, 0.2) is 36.0 Å². The predicted octanol–water partition coefficient (Wildman–Crippen LogP) is 3.30. The lowest BCUT2D eigenvalue weighted by atomic mass is 10.1. The van der Waals surface area contributed by atoms with Gasteiger partial charge in [0.05, 0.1) is 12.5 Å². The first-order valence-corrected chi connectivity index (χ1v) is 8.92. The van der Waals surface area contributed by atoms with Crippen molar-refractivity contribution in [3.05, 3.63) is 36.0 Å². The molecule has 0 radical (unpaired) electrons. The molecule has 0 fully saturated rings. The number of benzene rings is 1. The summed E-state index contributed by atoms with van der Waals surface area (Å²) in [5, 5.41) is 9.00. The van der Waals surface area contributed by atoms with Crippen LogP contribution in [-0.4, -0.2) is 35.6 Å². The van der Waals surface area contributed by atoms with Crippen LogP contribution in [0, 0.1) is 0 Å². The number of methoxy groups -OCH3 is 1. The zero-order chi connectivity index (χ0) is 17.8. The van der Waals surface area contributed by atoms with E-state index in [0.717, 1.165) is 27.1 Å². The van der Waals surface area contributed by atoms with Gasteiger partial charge in [-0.2, -0.15) is 0 Å². The lowest BCUT2D eigenvalue weighted by Crippen LogP contribution is -2.37. The number of aromatic nitrogens is 2. The normalized spacial score (nSPS) is 12.0. The Bertz CT molecular complexity index is 876. The van der Waals surface area contributed by atoms with E-state index in [2.05, 4.69) is 26.0 Å². The Kier molecular flexibility index (Phi) is 5.14. The van der Waals surface area contributed by atoms with Crippen molar-refractivity contribution in [3.63, 3.8) is 0 Å². The Balaban J connectivity index is 1.99. The van der Waals surface area contributed by atoms with Crippen LogP contribution in [0.3, 0.4) is 0 Å². The smallest absolute Gasteiger partial charge is 0.242 e. The highest BCUT2D eigenvalue weighted by atomic mass is 32.1. The Labute approximate surface area is 150 Å². The molecular weight excluding hydrogens is 336 g/mol. The Morgan fingerprint density at radius 2 is 2.04 bits per heavy atom. The van der Waals surface area contributed by atoms with Crippen molar-refractivity contribution >= 4 is 33.3 Å². The topological polar surface area (TPSA) is 76.1 Å². The summed E-state index contributed by atoms with van der Waals surface area (Å²) in [6.07, 6.45) is 1.52. The maximum atomic E-state index is 12.0. The zero-order valence-corrected chi connectivity index (χ0v) is 15.2. The number of hydrogen-bond donors (Lipinski definition) is 2. The van der Waals surface area contributed by atoms with Gasteiger partial charge in [0.2, 0.25) is 5.91 Å². The third-order valence-corrected chi connectivity index (χ3v) is 4.76. The van der Waals surface area contributed by atoms with E-state index in [9.17, 15) is 4.79 Å². The summed E-state index contributed by atoms with van der Waals surface area (Å²) in [6.45, 7) is 4.31. The number of rotatable bonds is 6. The molecule has 0 spiro atoms. The number of nitrogens with zero attached hydrogens (tertiary/aromatic N) is 2. The van der Waals surface area contributed by atoms with Crippen LogP contribution < -0.4 is 15.4 Å². The highest BCUT2D eigenvalue weighted by Crippen LogP contribution is 2.37. The van der Waals surface area contributed by atoms with Crippen LogP contribution >= 0.6 is 11.3 Å². The molecule has 2 heterocycles. The summed E-state index contributed by atoms with van der Waals surface area (Å²) in [6, 6.07) is 7.47. The number of thiophene rings is 1. The number of hydrogen-bond acceptors (Lipinski definition) is 6. The van der Waals surface area contributed by atoms with Crippen LogP contribution in [0.4, 0.5) is 5.82 Å². The SMILES string of the molecule is CCNC(=O)C(C)Nc1ncnc2scc(-c3ccc(OC)cc3)c12. The van der Waals surface area contributed by atoms with Crippen LogP contribution in [0.25, 0.3) is 21.3 Å². The van der Waals surface area contributed by atoms with E-state index in [-0.39, 0.29) is 11.9 Å². The van der Waals surface area contributed by atoms with Gasteiger partial charge in [-0.25, -0.2) is 9.97 Å². The van der Waals surface area contributed by atoms with E-state index in [4.69, 9.17) is 4.74 Å². The van der Waals surface area contributed by atoms with Gasteiger partial charge in [-0.15, -0.1) is 11.3 Å². The van der Waals surface area contributed by atoms with Gasteiger partial charge in [0.1, 0.15) is 28.8 Å². The van der Waals surface area contributed by atoms with Gasteiger partial charge in [-0.05, 0) is 31.5 Å². The van der Waals surface area contributed by atoms with Crippen molar-refractivity contribution in [2.45, 2.75) is 19.9 Å². The Hall–Kier alpha value is -2.67. The molecular formula is C18H20N4O2S. The van der Waals surface area contributed by atoms with Crippen molar-refractivity contribution in [1.29, 1.82) is 0 Å². The molecule has 1 atom stereocenters. The van der Waals surface area contributed by atoms with E-state index in [1.807, 2.05) is 38.1 Å². The molecule has 0 aliphatic rings. The lowest BCUT2D eigenvalue weighted by Gasteiger charge is -2.15. The number of amides is 1. The number of nitrogens with one attached hydrogen (secondary N) is 2. The minimum atomic E-state index is -0.387. The van der Waals surface area contributed by atoms with Crippen molar-refractivity contribution in [2.24, 2.45) is 0 Å². The van der Waals surface area contributed by atoms with Crippen LogP contribution in [0.1, 0.15) is 13.8 Å². The second-order valence-corrected chi connectivity index (χ2v) is 6.40. The second-order valence-electron chi connectivity index (χ2n) is 5.54. The van der Waals surface area contributed by atoms with Gasteiger partial charge in [0.15, 0.2) is 0 Å². The third-order valence-electron chi connectivity index (χ3n) is 3.87. The summed E-state index contributed by atoms with van der Waals surface area (Å²) in [5.41, 5.74) is 2.09. The fourth-order valence-electron chi connectivity index (χ4n) is 2.57. The molecule has 130 valence electrons. The van der Waals surface area contributed by atoms with Gasteiger partial charge in [-0.3, -0.25) is 4.79 Å². The fraction of sp³-hybridized carbons (Fsp3) is 0.278. The van der Waals surface area contributed by atoms with E-state index >= 15 is 0 Å². The van der Waals surface area contributed by atoms with Crippen LogP contribution in [0.2, 0.25) is 0 Å². The number of fused-ring (bicyclic) bond motifs is 1. The van der Waals surface area contributed by atoms with Crippen LogP contribution in [-0.2, 0) is 4.79 Å². The molecule has 7 heteroatoms. The average Bonchev–Trinajstić information content (AvgIpc) is 3.07. The molecule has 0 saturated heterocycles. The number of carbonyl (C=O) groups excluding carboxylic acids is 1. The van der Waals surface area contributed by atoms with Crippen molar-refractivity contribution in [2.75, 3.05) is 19.0 Å². The molecule has 2 aromatic heterocycles. The number of likely N-dealkylation sites (N-methyl/N-ethyl adjacent to an activating group) is 1. The zero-order valence-electron chi connectivity index (χ0n) is 14.4. The van der Waals surface area contributed by atoms with Gasteiger partial charge >= 0.3 is 0 Å². The Morgan fingerprint density at radius 1 is 1.28 bits per heavy atom. The van der Waals surface area contributed by atoms with E-state index < -0.39 is 0 Å². The second kappa shape index (κ2) is 7.48. The predicted molar refractivity (Wildman–Crippen MR) is 101 cm³/mol. The molecule has 3 rings (SSSR count). The number of anilines is 1. The Morgan fingerprint density at radius 3 is 2.72 bits per heavy atom. The minimum Gasteiger partial charge on any atom is -0.497 e. The monoisotopic (exact) mass is 356 g/mol. The van der Waals surface area contributed by atoms with E-state index in [1.165, 1.54) is 6.33 Å². The van der Waals surface area contributed by atoms with Gasteiger partial charge in [-0.1, -0.05) is 12.1 Å². The summed E-state index contributed by atoms with van der Waals surface area (Å²) in [5.74, 6) is 1.41. The molecule has 0 aliphatic carbocycles.